The average molecular weight is 459 g/mol. The molecule has 136 valence electrons. The molecule has 27 heavy (non-hydrogen) atoms. The van der Waals surface area contributed by atoms with E-state index in [1.165, 1.54) is 16.9 Å². The number of halogens is 1. The van der Waals surface area contributed by atoms with E-state index in [1.54, 1.807) is 11.8 Å². The second kappa shape index (κ2) is 8.24. The van der Waals surface area contributed by atoms with Crippen LogP contribution in [0.5, 0.6) is 0 Å². The topological polar surface area (TPSA) is 70.7 Å². The summed E-state index contributed by atoms with van der Waals surface area (Å²) in [5.41, 5.74) is 3.21. The van der Waals surface area contributed by atoms with Gasteiger partial charge in [-0.1, -0.05) is 69.4 Å². The number of carbonyl (C=O) groups excluding carboxylic acids is 1. The summed E-state index contributed by atoms with van der Waals surface area (Å²) < 4.78 is 1.90. The molecular formula is C19H15BrN4OS2. The van der Waals surface area contributed by atoms with Gasteiger partial charge in [-0.3, -0.25) is 4.79 Å². The minimum Gasteiger partial charge on any atom is -0.361 e. The number of amides is 1. The molecule has 0 aliphatic rings. The van der Waals surface area contributed by atoms with Crippen LogP contribution in [0.3, 0.4) is 0 Å². The molecule has 0 bridgehead atoms. The fraction of sp³-hybridized carbons (Fsp3) is 0.105. The number of para-hydroxylation sites is 1. The van der Waals surface area contributed by atoms with Crippen LogP contribution in [0, 0.1) is 0 Å². The molecule has 0 saturated carbocycles. The summed E-state index contributed by atoms with van der Waals surface area (Å²) in [6, 6.07) is 16.1. The van der Waals surface area contributed by atoms with E-state index in [2.05, 4.69) is 48.6 Å². The zero-order valence-electron chi connectivity index (χ0n) is 14.1. The summed E-state index contributed by atoms with van der Waals surface area (Å²) in [4.78, 5) is 15.5. The first kappa shape index (κ1) is 18.2. The number of thioether (sulfide) groups is 1. The number of benzene rings is 2. The molecule has 0 saturated heterocycles. The Hall–Kier alpha value is -2.16. The summed E-state index contributed by atoms with van der Waals surface area (Å²) in [7, 11) is 0. The summed E-state index contributed by atoms with van der Waals surface area (Å²) >= 11 is 6.43. The molecule has 0 unspecified atom stereocenters. The molecule has 2 aromatic carbocycles. The lowest BCUT2D eigenvalue weighted by atomic mass is 10.1. The molecule has 4 rings (SSSR count). The molecule has 2 aromatic heterocycles. The molecule has 0 atom stereocenters. The first-order chi connectivity index (χ1) is 13.2. The number of aromatic amines is 1. The van der Waals surface area contributed by atoms with Gasteiger partial charge >= 0.3 is 0 Å². The van der Waals surface area contributed by atoms with E-state index in [-0.39, 0.29) is 5.91 Å². The Morgan fingerprint density at radius 2 is 1.96 bits per heavy atom. The number of hydrogen-bond donors (Lipinski definition) is 2. The van der Waals surface area contributed by atoms with Crippen molar-refractivity contribution in [1.82, 2.24) is 15.2 Å². The van der Waals surface area contributed by atoms with Crippen LogP contribution in [0.4, 0.5) is 5.13 Å². The van der Waals surface area contributed by atoms with Gasteiger partial charge in [-0.15, -0.1) is 10.2 Å². The molecule has 8 heteroatoms. The highest BCUT2D eigenvalue weighted by molar-refractivity contribution is 9.10. The smallest absolute Gasteiger partial charge is 0.230 e. The molecule has 1 amide bonds. The number of anilines is 1. The highest BCUT2D eigenvalue weighted by atomic mass is 79.9. The van der Waals surface area contributed by atoms with Crippen molar-refractivity contribution in [2.45, 2.75) is 16.5 Å². The predicted octanol–water partition coefficient (Wildman–Crippen LogP) is 5.26. The third-order valence-electron chi connectivity index (χ3n) is 3.95. The van der Waals surface area contributed by atoms with E-state index in [9.17, 15) is 4.79 Å². The van der Waals surface area contributed by atoms with Crippen molar-refractivity contribution >= 4 is 61.0 Å². The van der Waals surface area contributed by atoms with Crippen LogP contribution in [0.25, 0.3) is 10.9 Å². The van der Waals surface area contributed by atoms with Gasteiger partial charge in [0.2, 0.25) is 11.0 Å². The minimum atomic E-state index is -0.0969. The molecule has 2 N–H and O–H groups in total. The van der Waals surface area contributed by atoms with E-state index in [0.717, 1.165) is 31.0 Å². The standard InChI is InChI=1S/C19H15BrN4OS2/c20-14-7-5-12(6-8-14)11-26-19-24-23-18(27-19)22-17(25)9-13-10-21-16-4-2-1-3-15(13)16/h1-8,10,21H,9,11H2,(H,22,23,25). The normalized spacial score (nSPS) is 11.0. The number of nitrogens with zero attached hydrogens (tertiary/aromatic N) is 2. The first-order valence-corrected chi connectivity index (χ1v) is 10.8. The van der Waals surface area contributed by atoms with Gasteiger partial charge in [-0.2, -0.15) is 0 Å². The second-order valence-electron chi connectivity index (χ2n) is 5.87. The van der Waals surface area contributed by atoms with E-state index in [1.807, 2.05) is 42.6 Å². The van der Waals surface area contributed by atoms with Gasteiger partial charge in [-0.05, 0) is 29.3 Å². The Bertz CT molecular complexity index is 1070. The van der Waals surface area contributed by atoms with Crippen molar-refractivity contribution in [2.75, 3.05) is 5.32 Å². The van der Waals surface area contributed by atoms with Gasteiger partial charge < -0.3 is 10.3 Å². The van der Waals surface area contributed by atoms with Crippen molar-refractivity contribution in [3.8, 4) is 0 Å². The number of rotatable bonds is 6. The summed E-state index contributed by atoms with van der Waals surface area (Å²) in [6.45, 7) is 0. The molecule has 0 spiro atoms. The predicted molar refractivity (Wildman–Crippen MR) is 114 cm³/mol. The molecule has 0 aliphatic carbocycles. The maximum Gasteiger partial charge on any atom is 0.230 e. The van der Waals surface area contributed by atoms with Crippen LogP contribution in [0.2, 0.25) is 0 Å². The molecule has 0 fully saturated rings. The lowest BCUT2D eigenvalue weighted by Gasteiger charge is -2.00. The van der Waals surface area contributed by atoms with Crippen molar-refractivity contribution in [2.24, 2.45) is 0 Å². The lowest BCUT2D eigenvalue weighted by Crippen LogP contribution is -2.14. The Morgan fingerprint density at radius 3 is 2.81 bits per heavy atom. The van der Waals surface area contributed by atoms with Gasteiger partial charge in [0.05, 0.1) is 6.42 Å². The van der Waals surface area contributed by atoms with Crippen molar-refractivity contribution in [3.63, 3.8) is 0 Å². The first-order valence-electron chi connectivity index (χ1n) is 8.23. The van der Waals surface area contributed by atoms with Gasteiger partial charge in [0.15, 0.2) is 4.34 Å². The van der Waals surface area contributed by atoms with Crippen LogP contribution in [0.1, 0.15) is 11.1 Å². The Kier molecular flexibility index (Phi) is 5.56. The van der Waals surface area contributed by atoms with Crippen molar-refractivity contribution < 1.29 is 4.79 Å². The number of nitrogens with one attached hydrogen (secondary N) is 2. The Morgan fingerprint density at radius 1 is 1.15 bits per heavy atom. The second-order valence-corrected chi connectivity index (χ2v) is 8.99. The fourth-order valence-corrected chi connectivity index (χ4v) is 4.65. The fourth-order valence-electron chi connectivity index (χ4n) is 2.66. The Balaban J connectivity index is 1.34. The Labute approximate surface area is 172 Å². The third kappa shape index (κ3) is 4.58. The SMILES string of the molecule is O=C(Cc1c[nH]c2ccccc12)Nc1nnc(SCc2ccc(Br)cc2)s1. The monoisotopic (exact) mass is 458 g/mol. The summed E-state index contributed by atoms with van der Waals surface area (Å²) in [5.74, 6) is 0.714. The van der Waals surface area contributed by atoms with Crippen LogP contribution in [-0.2, 0) is 17.0 Å². The van der Waals surface area contributed by atoms with Gasteiger partial charge in [0.25, 0.3) is 0 Å². The van der Waals surface area contributed by atoms with E-state index in [0.29, 0.717) is 11.6 Å². The van der Waals surface area contributed by atoms with Gasteiger partial charge in [-0.25, -0.2) is 0 Å². The molecule has 0 radical (unpaired) electrons. The van der Waals surface area contributed by atoms with Crippen molar-refractivity contribution in [1.29, 1.82) is 0 Å². The third-order valence-corrected chi connectivity index (χ3v) is 6.53. The van der Waals surface area contributed by atoms with E-state index < -0.39 is 0 Å². The van der Waals surface area contributed by atoms with E-state index >= 15 is 0 Å². The maximum atomic E-state index is 12.3. The largest absolute Gasteiger partial charge is 0.361 e. The highest BCUT2D eigenvalue weighted by Crippen LogP contribution is 2.29. The van der Waals surface area contributed by atoms with Crippen LogP contribution >= 0.6 is 39.0 Å². The average Bonchev–Trinajstić information content (AvgIpc) is 3.29. The molecule has 4 aromatic rings. The quantitative estimate of drug-likeness (QED) is 0.305. The minimum absolute atomic E-state index is 0.0969. The lowest BCUT2D eigenvalue weighted by molar-refractivity contribution is -0.115. The van der Waals surface area contributed by atoms with Gasteiger partial charge in [0.1, 0.15) is 0 Å². The molecule has 0 aliphatic heterocycles. The maximum absolute atomic E-state index is 12.3. The number of aromatic nitrogens is 3. The van der Waals surface area contributed by atoms with Crippen LogP contribution in [-0.4, -0.2) is 21.1 Å². The van der Waals surface area contributed by atoms with Gasteiger partial charge in [0, 0.05) is 27.3 Å². The zero-order chi connectivity index (χ0) is 18.6. The highest BCUT2D eigenvalue weighted by Gasteiger charge is 2.12. The molecule has 2 heterocycles. The number of hydrogen-bond acceptors (Lipinski definition) is 5. The van der Waals surface area contributed by atoms with E-state index in [4.69, 9.17) is 0 Å². The summed E-state index contributed by atoms with van der Waals surface area (Å²) in [6.07, 6.45) is 2.18. The number of H-pyrrole nitrogens is 1. The number of fused-ring (bicyclic) bond motifs is 1. The number of carbonyl (C=O) groups is 1. The molecular weight excluding hydrogens is 444 g/mol. The van der Waals surface area contributed by atoms with Crippen molar-refractivity contribution in [3.05, 3.63) is 70.3 Å². The van der Waals surface area contributed by atoms with Crippen LogP contribution < -0.4 is 5.32 Å². The molecule has 5 nitrogen and oxygen atoms in total. The van der Waals surface area contributed by atoms with Crippen LogP contribution in [0.15, 0.2) is 63.5 Å². The zero-order valence-corrected chi connectivity index (χ0v) is 17.3. The summed E-state index contributed by atoms with van der Waals surface area (Å²) in [5, 5.41) is 12.7.